The molecule has 1 atom stereocenters. The van der Waals surface area contributed by atoms with E-state index in [4.69, 9.17) is 0 Å². The molecule has 1 unspecified atom stereocenters. The van der Waals surface area contributed by atoms with Gasteiger partial charge in [0.25, 0.3) is 0 Å². The van der Waals surface area contributed by atoms with Crippen molar-refractivity contribution in [3.05, 3.63) is 0 Å². The lowest BCUT2D eigenvalue weighted by molar-refractivity contribution is -0.134. The third kappa shape index (κ3) is 5.71. The highest BCUT2D eigenvalue weighted by atomic mass is 32.2. The molecule has 0 heterocycles. The minimum Gasteiger partial charge on any atom is -0.740 e. The first-order chi connectivity index (χ1) is 4.66. The molecule has 0 radical (unpaired) electrons. The highest BCUT2D eigenvalue weighted by Gasteiger charge is 2.00. The van der Waals surface area contributed by atoms with Gasteiger partial charge in [0.15, 0.2) is 0 Å². The molecule has 0 N–H and O–H groups in total. The number of carbonyl (C=O) groups excluding carboxylic acids is 1. The maximum atomic E-state index is 10.4. The van der Waals surface area contributed by atoms with Gasteiger partial charge in [-0.15, -0.1) is 0 Å². The van der Waals surface area contributed by atoms with E-state index < -0.39 is 17.3 Å². The first kappa shape index (κ1) is 9.58. The molecule has 0 saturated carbocycles. The number of hydrogen-bond acceptors (Lipinski definition) is 4. The standard InChI is InChI=1S/C5H10O4S/c1-2-3-4-5(6)9-10(7)8/h2-4H2,1H3,(H,7,8)/p-1. The van der Waals surface area contributed by atoms with Crippen molar-refractivity contribution in [1.82, 2.24) is 0 Å². The minimum absolute atomic E-state index is 0.171. The number of carbonyl (C=O) groups is 1. The average molecular weight is 165 g/mol. The molecule has 0 aliphatic heterocycles. The van der Waals surface area contributed by atoms with Crippen LogP contribution in [0, 0.1) is 0 Å². The summed E-state index contributed by atoms with van der Waals surface area (Å²) in [5.74, 6) is -0.685. The van der Waals surface area contributed by atoms with Crippen LogP contribution in [0.2, 0.25) is 0 Å². The van der Waals surface area contributed by atoms with E-state index in [-0.39, 0.29) is 6.42 Å². The Kier molecular flexibility index (Phi) is 5.15. The molecule has 0 rings (SSSR count). The second-order valence-corrected chi connectivity index (χ2v) is 2.34. The van der Waals surface area contributed by atoms with Crippen LogP contribution in [0.5, 0.6) is 0 Å². The number of rotatable bonds is 4. The molecule has 60 valence electrons. The van der Waals surface area contributed by atoms with Gasteiger partial charge in [0.2, 0.25) is 0 Å². The summed E-state index contributed by atoms with van der Waals surface area (Å²) in [5, 5.41) is 0. The van der Waals surface area contributed by atoms with Crippen LogP contribution in [0.25, 0.3) is 0 Å². The van der Waals surface area contributed by atoms with Crippen molar-refractivity contribution in [1.29, 1.82) is 0 Å². The molecule has 0 saturated heterocycles. The van der Waals surface area contributed by atoms with E-state index in [0.717, 1.165) is 6.42 Å². The zero-order valence-corrected chi connectivity index (χ0v) is 6.48. The lowest BCUT2D eigenvalue weighted by Crippen LogP contribution is -2.05. The van der Waals surface area contributed by atoms with E-state index in [1.165, 1.54) is 0 Å². The zero-order chi connectivity index (χ0) is 7.98. The molecule has 0 aromatic heterocycles. The lowest BCUT2D eigenvalue weighted by atomic mass is 10.3. The molecule has 0 fully saturated rings. The van der Waals surface area contributed by atoms with E-state index >= 15 is 0 Å². The monoisotopic (exact) mass is 165 g/mol. The molecule has 0 aromatic rings. The van der Waals surface area contributed by atoms with E-state index in [0.29, 0.717) is 6.42 Å². The molecule has 5 heteroatoms. The van der Waals surface area contributed by atoms with Crippen LogP contribution in [-0.4, -0.2) is 14.7 Å². The predicted octanol–water partition coefficient (Wildman–Crippen LogP) is 0.514. The Labute approximate surface area is 62.1 Å². The summed E-state index contributed by atoms with van der Waals surface area (Å²) in [6, 6.07) is 0. The van der Waals surface area contributed by atoms with Crippen molar-refractivity contribution >= 4 is 17.3 Å². The van der Waals surface area contributed by atoms with Gasteiger partial charge in [0.1, 0.15) is 11.4 Å². The maximum absolute atomic E-state index is 10.4. The van der Waals surface area contributed by atoms with Crippen molar-refractivity contribution in [2.45, 2.75) is 26.2 Å². The van der Waals surface area contributed by atoms with Crippen LogP contribution in [-0.2, 0) is 20.3 Å². The highest BCUT2D eigenvalue weighted by molar-refractivity contribution is 7.74. The predicted molar refractivity (Wildman–Crippen MR) is 34.5 cm³/mol. The lowest BCUT2D eigenvalue weighted by Gasteiger charge is -2.03. The molecule has 0 amide bonds. The van der Waals surface area contributed by atoms with Crippen molar-refractivity contribution in [3.63, 3.8) is 0 Å². The molecule has 0 aliphatic rings. The van der Waals surface area contributed by atoms with Crippen molar-refractivity contribution in [2.75, 3.05) is 0 Å². The Bertz CT molecular complexity index is 134. The van der Waals surface area contributed by atoms with Gasteiger partial charge in [-0.05, 0) is 6.42 Å². The minimum atomic E-state index is -2.70. The second-order valence-electron chi connectivity index (χ2n) is 1.76. The summed E-state index contributed by atoms with van der Waals surface area (Å²) < 4.78 is 23.3. The van der Waals surface area contributed by atoms with Crippen LogP contribution in [0.15, 0.2) is 0 Å². The zero-order valence-electron chi connectivity index (χ0n) is 5.66. The summed E-state index contributed by atoms with van der Waals surface area (Å²) in [7, 11) is 0. The molecular weight excluding hydrogens is 156 g/mol. The fourth-order valence-electron chi connectivity index (χ4n) is 0.439. The first-order valence-corrected chi connectivity index (χ1v) is 3.97. The number of unbranched alkanes of at least 4 members (excludes halogenated alkanes) is 1. The van der Waals surface area contributed by atoms with Gasteiger partial charge in [-0.3, -0.25) is 4.79 Å². The van der Waals surface area contributed by atoms with Gasteiger partial charge >= 0.3 is 5.97 Å². The van der Waals surface area contributed by atoms with Gasteiger partial charge in [-0.25, -0.2) is 4.21 Å². The molecular formula is C5H9O4S-. The smallest absolute Gasteiger partial charge is 0.319 e. The fourth-order valence-corrected chi connectivity index (χ4v) is 0.674. The summed E-state index contributed by atoms with van der Waals surface area (Å²) in [4.78, 5) is 10.4. The van der Waals surface area contributed by atoms with Crippen molar-refractivity contribution < 1.29 is 17.7 Å². The number of hydrogen-bond donors (Lipinski definition) is 0. The third-order valence-corrected chi connectivity index (χ3v) is 1.22. The fraction of sp³-hybridized carbons (Fsp3) is 0.800. The van der Waals surface area contributed by atoms with Gasteiger partial charge in [0, 0.05) is 6.42 Å². The average Bonchev–Trinajstić information content (AvgIpc) is 1.82. The largest absolute Gasteiger partial charge is 0.740 e. The van der Waals surface area contributed by atoms with Gasteiger partial charge in [0.05, 0.1) is 0 Å². The summed E-state index contributed by atoms with van der Waals surface area (Å²) in [6.45, 7) is 1.90. The highest BCUT2D eigenvalue weighted by Crippen LogP contribution is 1.96. The Morgan fingerprint density at radius 2 is 2.30 bits per heavy atom. The summed E-state index contributed by atoms with van der Waals surface area (Å²) in [6.07, 6.45) is 1.68. The Balaban J connectivity index is 3.35. The maximum Gasteiger partial charge on any atom is 0.319 e. The van der Waals surface area contributed by atoms with Gasteiger partial charge in [-0.2, -0.15) is 0 Å². The quantitative estimate of drug-likeness (QED) is 0.569. The third-order valence-electron chi connectivity index (χ3n) is 0.895. The van der Waals surface area contributed by atoms with Crippen LogP contribution in [0.3, 0.4) is 0 Å². The molecule has 4 nitrogen and oxygen atoms in total. The summed E-state index contributed by atoms with van der Waals surface area (Å²) in [5.41, 5.74) is 0. The van der Waals surface area contributed by atoms with Crippen molar-refractivity contribution in [2.24, 2.45) is 0 Å². The summed E-state index contributed by atoms with van der Waals surface area (Å²) >= 11 is -2.70. The van der Waals surface area contributed by atoms with Crippen LogP contribution in [0.1, 0.15) is 26.2 Å². The second kappa shape index (κ2) is 5.37. The van der Waals surface area contributed by atoms with Gasteiger partial charge < -0.3 is 8.74 Å². The molecule has 0 aromatic carbocycles. The topological polar surface area (TPSA) is 66.4 Å². The van der Waals surface area contributed by atoms with E-state index in [2.05, 4.69) is 4.18 Å². The van der Waals surface area contributed by atoms with E-state index in [9.17, 15) is 13.6 Å². The van der Waals surface area contributed by atoms with E-state index in [1.807, 2.05) is 6.92 Å². The Morgan fingerprint density at radius 3 is 2.70 bits per heavy atom. The van der Waals surface area contributed by atoms with Crippen LogP contribution in [0.4, 0.5) is 0 Å². The van der Waals surface area contributed by atoms with Crippen LogP contribution >= 0.6 is 0 Å². The molecule has 0 bridgehead atoms. The normalized spacial score (nSPS) is 12.6. The van der Waals surface area contributed by atoms with Crippen molar-refractivity contribution in [3.8, 4) is 0 Å². The first-order valence-electron chi connectivity index (χ1n) is 2.97. The SMILES string of the molecule is CCCCC(=O)OS(=O)[O-]. The Hall–Kier alpha value is -0.420. The Morgan fingerprint density at radius 1 is 1.70 bits per heavy atom. The van der Waals surface area contributed by atoms with Gasteiger partial charge in [-0.1, -0.05) is 13.3 Å². The molecule has 10 heavy (non-hydrogen) atoms. The van der Waals surface area contributed by atoms with E-state index in [1.54, 1.807) is 0 Å². The molecule has 0 spiro atoms. The molecule has 0 aliphatic carbocycles. The van der Waals surface area contributed by atoms with Crippen LogP contribution < -0.4 is 0 Å².